The van der Waals surface area contributed by atoms with E-state index in [-0.39, 0.29) is 0 Å². The summed E-state index contributed by atoms with van der Waals surface area (Å²) in [5, 5.41) is 12.3. The van der Waals surface area contributed by atoms with E-state index in [4.69, 9.17) is 11.6 Å². The van der Waals surface area contributed by atoms with Crippen molar-refractivity contribution < 1.29 is 9.90 Å². The molecule has 0 aliphatic heterocycles. The summed E-state index contributed by atoms with van der Waals surface area (Å²) in [6.07, 6.45) is 4.18. The van der Waals surface area contributed by atoms with Crippen molar-refractivity contribution in [1.29, 1.82) is 0 Å². The third-order valence-corrected chi connectivity index (χ3v) is 5.71. The van der Waals surface area contributed by atoms with Crippen LogP contribution in [0.1, 0.15) is 25.0 Å². The Bertz CT molecular complexity index is 940. The summed E-state index contributed by atoms with van der Waals surface area (Å²) < 4.78 is -0.905. The molecular weight excluding hydrogens is 354 g/mol. The molecule has 25 heavy (non-hydrogen) atoms. The van der Waals surface area contributed by atoms with Crippen LogP contribution in [0.2, 0.25) is 5.02 Å². The maximum Gasteiger partial charge on any atom is 0.319 e. The number of thioether (sulfide) groups is 1. The van der Waals surface area contributed by atoms with E-state index in [2.05, 4.69) is 11.1 Å². The van der Waals surface area contributed by atoms with E-state index in [9.17, 15) is 9.90 Å². The number of nitrogens with zero attached hydrogens (tertiary/aromatic N) is 1. The number of benzene rings is 2. The molecule has 1 N–H and O–H groups in total. The second-order valence-corrected chi connectivity index (χ2v) is 8.40. The Morgan fingerprint density at radius 3 is 2.56 bits per heavy atom. The highest BCUT2D eigenvalue weighted by molar-refractivity contribution is 8.01. The van der Waals surface area contributed by atoms with Gasteiger partial charge in [-0.3, -0.25) is 9.78 Å². The van der Waals surface area contributed by atoms with Crippen molar-refractivity contribution in [1.82, 2.24) is 4.98 Å². The van der Waals surface area contributed by atoms with Crippen LogP contribution in [0.15, 0.2) is 59.8 Å². The molecule has 128 valence electrons. The molecule has 0 saturated heterocycles. The highest BCUT2D eigenvalue weighted by Crippen LogP contribution is 2.36. The molecule has 0 aliphatic carbocycles. The quantitative estimate of drug-likeness (QED) is 0.607. The second-order valence-electron chi connectivity index (χ2n) is 6.33. The number of carboxylic acid groups (broad SMARTS) is 1. The monoisotopic (exact) mass is 371 g/mol. The fourth-order valence-electron chi connectivity index (χ4n) is 2.65. The van der Waals surface area contributed by atoms with Gasteiger partial charge in [-0.25, -0.2) is 0 Å². The first-order valence-electron chi connectivity index (χ1n) is 7.90. The van der Waals surface area contributed by atoms with Crippen molar-refractivity contribution in [2.45, 2.75) is 29.9 Å². The zero-order valence-electron chi connectivity index (χ0n) is 14.0. The fraction of sp³-hybridized carbons (Fsp3) is 0.200. The van der Waals surface area contributed by atoms with Gasteiger partial charge in [0.05, 0.1) is 0 Å². The number of halogens is 1. The Morgan fingerprint density at radius 1 is 1.12 bits per heavy atom. The van der Waals surface area contributed by atoms with Gasteiger partial charge < -0.3 is 5.11 Å². The molecule has 0 spiro atoms. The van der Waals surface area contributed by atoms with Gasteiger partial charge in [-0.1, -0.05) is 41.9 Å². The Kier molecular flexibility index (Phi) is 5.02. The molecule has 0 saturated carbocycles. The minimum atomic E-state index is -0.905. The second kappa shape index (κ2) is 7.06. The van der Waals surface area contributed by atoms with Gasteiger partial charge in [0, 0.05) is 34.1 Å². The number of aromatic nitrogens is 1. The summed E-state index contributed by atoms with van der Waals surface area (Å²) in [7, 11) is 0. The molecule has 0 radical (unpaired) electrons. The van der Waals surface area contributed by atoms with Crippen LogP contribution in [0, 0.1) is 0 Å². The Balaban J connectivity index is 2.00. The molecule has 0 fully saturated rings. The molecule has 0 aliphatic rings. The minimum Gasteiger partial charge on any atom is -0.480 e. The molecule has 0 atom stereocenters. The lowest BCUT2D eigenvalue weighted by Gasteiger charge is -2.20. The Hall–Kier alpha value is -2.04. The molecule has 0 amide bonds. The Morgan fingerprint density at radius 2 is 1.84 bits per heavy atom. The van der Waals surface area contributed by atoms with Crippen molar-refractivity contribution in [3.63, 3.8) is 0 Å². The maximum atomic E-state index is 11.5. The molecule has 3 rings (SSSR count). The van der Waals surface area contributed by atoms with E-state index >= 15 is 0 Å². The van der Waals surface area contributed by atoms with Gasteiger partial charge in [-0.15, -0.1) is 11.8 Å². The summed E-state index contributed by atoms with van der Waals surface area (Å²) in [5.74, 6) is -0.836. The minimum absolute atomic E-state index is 0.670. The average Bonchev–Trinajstić information content (AvgIpc) is 2.59. The topological polar surface area (TPSA) is 50.2 Å². The smallest absolute Gasteiger partial charge is 0.319 e. The van der Waals surface area contributed by atoms with Gasteiger partial charge in [0.1, 0.15) is 4.75 Å². The fourth-order valence-corrected chi connectivity index (χ4v) is 3.90. The third kappa shape index (κ3) is 3.80. The van der Waals surface area contributed by atoms with Gasteiger partial charge in [0.15, 0.2) is 0 Å². The number of rotatable bonds is 5. The van der Waals surface area contributed by atoms with Gasteiger partial charge in [0.2, 0.25) is 0 Å². The summed E-state index contributed by atoms with van der Waals surface area (Å²) in [4.78, 5) is 16.6. The summed E-state index contributed by atoms with van der Waals surface area (Å²) in [5.41, 5.74) is 2.15. The number of carbonyl (C=O) groups is 1. The lowest BCUT2D eigenvalue weighted by atomic mass is 9.99. The molecule has 1 aromatic heterocycles. The first-order chi connectivity index (χ1) is 11.9. The lowest BCUT2D eigenvalue weighted by molar-refractivity contribution is -0.138. The maximum absolute atomic E-state index is 11.5. The van der Waals surface area contributed by atoms with E-state index < -0.39 is 10.7 Å². The number of fused-ring (bicyclic) bond motifs is 1. The first kappa shape index (κ1) is 17.8. The zero-order valence-corrected chi connectivity index (χ0v) is 15.6. The normalized spacial score (nSPS) is 11.6. The first-order valence-corrected chi connectivity index (χ1v) is 9.09. The Labute approximate surface area is 156 Å². The van der Waals surface area contributed by atoms with Crippen molar-refractivity contribution >= 4 is 40.1 Å². The predicted molar refractivity (Wildman–Crippen MR) is 104 cm³/mol. The lowest BCUT2D eigenvalue weighted by Crippen LogP contribution is -2.27. The summed E-state index contributed by atoms with van der Waals surface area (Å²) in [6.45, 7) is 3.42. The van der Waals surface area contributed by atoms with Crippen molar-refractivity contribution in [3.05, 3.63) is 71.0 Å². The van der Waals surface area contributed by atoms with E-state index in [1.807, 2.05) is 42.6 Å². The number of aliphatic carboxylic acids is 1. The molecule has 2 aromatic carbocycles. The van der Waals surface area contributed by atoms with Crippen LogP contribution < -0.4 is 0 Å². The standard InChI is InChI=1S/C20H18ClNO2S/c1-20(2,19(23)24)25-18-9-10-22-12-14(18)11-13-7-8-17(21)16-6-4-3-5-15(13)16/h3-10,12H,11H2,1-2H3,(H,23,24). The van der Waals surface area contributed by atoms with Crippen LogP contribution in [-0.2, 0) is 11.2 Å². The van der Waals surface area contributed by atoms with Crippen LogP contribution in [-0.4, -0.2) is 20.8 Å². The predicted octanol–water partition coefficient (Wildman–Crippen LogP) is 5.43. The van der Waals surface area contributed by atoms with Crippen LogP contribution in [0.5, 0.6) is 0 Å². The van der Waals surface area contributed by atoms with Gasteiger partial charge in [-0.05, 0) is 42.5 Å². The van der Waals surface area contributed by atoms with E-state index in [0.717, 1.165) is 31.8 Å². The molecular formula is C20H18ClNO2S. The third-order valence-electron chi connectivity index (χ3n) is 4.08. The summed E-state index contributed by atoms with van der Waals surface area (Å²) in [6, 6.07) is 13.8. The number of carboxylic acids is 1. The number of hydrogen-bond acceptors (Lipinski definition) is 3. The van der Waals surface area contributed by atoms with Gasteiger partial charge in [0.25, 0.3) is 0 Å². The van der Waals surface area contributed by atoms with Gasteiger partial charge >= 0.3 is 5.97 Å². The average molecular weight is 372 g/mol. The molecule has 3 nitrogen and oxygen atoms in total. The molecule has 3 aromatic rings. The molecule has 5 heteroatoms. The van der Waals surface area contributed by atoms with E-state index in [1.165, 1.54) is 11.8 Å². The van der Waals surface area contributed by atoms with Gasteiger partial charge in [-0.2, -0.15) is 0 Å². The molecule has 1 heterocycles. The number of hydrogen-bond donors (Lipinski definition) is 1. The highest BCUT2D eigenvalue weighted by Gasteiger charge is 2.29. The van der Waals surface area contributed by atoms with E-state index in [0.29, 0.717) is 6.42 Å². The van der Waals surface area contributed by atoms with Crippen molar-refractivity contribution in [2.24, 2.45) is 0 Å². The van der Waals surface area contributed by atoms with Crippen molar-refractivity contribution in [3.8, 4) is 0 Å². The van der Waals surface area contributed by atoms with Crippen LogP contribution in [0.3, 0.4) is 0 Å². The SMILES string of the molecule is CC(C)(Sc1ccncc1Cc1ccc(Cl)c2ccccc12)C(=O)O. The van der Waals surface area contributed by atoms with Crippen LogP contribution in [0.4, 0.5) is 0 Å². The zero-order chi connectivity index (χ0) is 18.0. The summed E-state index contributed by atoms with van der Waals surface area (Å²) >= 11 is 7.65. The van der Waals surface area contributed by atoms with Crippen LogP contribution >= 0.6 is 23.4 Å². The number of pyridine rings is 1. The highest BCUT2D eigenvalue weighted by atomic mass is 35.5. The largest absolute Gasteiger partial charge is 0.480 e. The molecule has 0 bridgehead atoms. The van der Waals surface area contributed by atoms with Crippen molar-refractivity contribution in [2.75, 3.05) is 0 Å². The molecule has 0 unspecified atom stereocenters. The van der Waals surface area contributed by atoms with E-state index in [1.54, 1.807) is 20.0 Å². The van der Waals surface area contributed by atoms with Crippen LogP contribution in [0.25, 0.3) is 10.8 Å².